The van der Waals surface area contributed by atoms with Gasteiger partial charge in [0.25, 0.3) is 0 Å². The fraction of sp³-hybridized carbons (Fsp3) is 0.318. The van der Waals surface area contributed by atoms with Gasteiger partial charge in [0.15, 0.2) is 11.6 Å². The predicted molar refractivity (Wildman–Crippen MR) is 119 cm³/mol. The molecule has 0 spiro atoms. The van der Waals surface area contributed by atoms with Gasteiger partial charge < -0.3 is 9.32 Å². The first-order chi connectivity index (χ1) is 15.8. The summed E-state index contributed by atoms with van der Waals surface area (Å²) in [5.74, 6) is -1.68. The monoisotopic (exact) mass is 495 g/mol. The van der Waals surface area contributed by atoms with E-state index in [0.717, 1.165) is 22.8 Å². The third kappa shape index (κ3) is 5.67. The maximum atomic E-state index is 13.5. The number of rotatable bonds is 8. The number of hydrogen-bond donors (Lipinski definition) is 0. The summed E-state index contributed by atoms with van der Waals surface area (Å²) >= 11 is 1.61. The maximum absolute atomic E-state index is 13.5. The van der Waals surface area contributed by atoms with Crippen LogP contribution in [0, 0.1) is 11.6 Å². The topological polar surface area (TPSA) is 74.1 Å². The SMILES string of the molecule is O=C(CN(Cc1ccco1)Cc1cccs1)N1CCN(S(=O)(=O)c2ccc(F)c(F)c2)CC1. The van der Waals surface area contributed by atoms with Crippen LogP contribution in [0.25, 0.3) is 0 Å². The Kier molecular flexibility index (Phi) is 7.23. The molecular formula is C22H23F2N3O4S2. The number of halogens is 2. The summed E-state index contributed by atoms with van der Waals surface area (Å²) < 4.78 is 58.9. The molecule has 1 aliphatic rings. The second-order valence-corrected chi connectivity index (χ2v) is 10.6. The Morgan fingerprint density at radius 3 is 2.45 bits per heavy atom. The van der Waals surface area contributed by atoms with Crippen molar-refractivity contribution >= 4 is 27.3 Å². The molecule has 176 valence electrons. The van der Waals surface area contributed by atoms with Crippen LogP contribution in [0.4, 0.5) is 8.78 Å². The normalized spacial score (nSPS) is 15.3. The van der Waals surface area contributed by atoms with E-state index in [1.54, 1.807) is 28.6 Å². The van der Waals surface area contributed by atoms with E-state index < -0.39 is 21.7 Å². The Balaban J connectivity index is 1.37. The van der Waals surface area contributed by atoms with E-state index >= 15 is 0 Å². The molecule has 1 fully saturated rings. The largest absolute Gasteiger partial charge is 0.468 e. The van der Waals surface area contributed by atoms with E-state index in [1.165, 1.54) is 4.31 Å². The number of benzene rings is 1. The van der Waals surface area contributed by atoms with Crippen molar-refractivity contribution < 1.29 is 26.4 Å². The Morgan fingerprint density at radius 2 is 1.82 bits per heavy atom. The molecule has 0 saturated carbocycles. The van der Waals surface area contributed by atoms with E-state index in [9.17, 15) is 22.0 Å². The fourth-order valence-corrected chi connectivity index (χ4v) is 5.85. The van der Waals surface area contributed by atoms with Crippen LogP contribution in [0.15, 0.2) is 63.4 Å². The average molecular weight is 496 g/mol. The molecule has 11 heteroatoms. The zero-order chi connectivity index (χ0) is 23.4. The predicted octanol–water partition coefficient (Wildman–Crippen LogP) is 3.15. The third-order valence-corrected chi connectivity index (χ3v) is 8.15. The minimum Gasteiger partial charge on any atom is -0.468 e. The van der Waals surface area contributed by atoms with E-state index in [4.69, 9.17) is 4.42 Å². The molecule has 1 aliphatic heterocycles. The summed E-state index contributed by atoms with van der Waals surface area (Å²) in [4.78, 5) is 17.4. The zero-order valence-electron chi connectivity index (χ0n) is 17.7. The van der Waals surface area contributed by atoms with Gasteiger partial charge in [-0.3, -0.25) is 9.69 Å². The van der Waals surface area contributed by atoms with Crippen LogP contribution in [-0.4, -0.2) is 61.2 Å². The Morgan fingerprint density at radius 1 is 1.03 bits per heavy atom. The summed E-state index contributed by atoms with van der Waals surface area (Å²) in [6.45, 7) is 1.82. The lowest BCUT2D eigenvalue weighted by Gasteiger charge is -2.35. The molecular weight excluding hydrogens is 472 g/mol. The van der Waals surface area contributed by atoms with Gasteiger partial charge in [-0.1, -0.05) is 6.07 Å². The highest BCUT2D eigenvalue weighted by molar-refractivity contribution is 7.89. The minimum absolute atomic E-state index is 0.0795. The van der Waals surface area contributed by atoms with Gasteiger partial charge >= 0.3 is 0 Å². The Bertz CT molecular complexity index is 1140. The molecule has 1 saturated heterocycles. The lowest BCUT2D eigenvalue weighted by atomic mass is 10.3. The third-order valence-electron chi connectivity index (χ3n) is 5.40. The van der Waals surface area contributed by atoms with Gasteiger partial charge in [-0.05, 0) is 41.8 Å². The second-order valence-electron chi connectivity index (χ2n) is 7.66. The van der Waals surface area contributed by atoms with Gasteiger partial charge in [-0.2, -0.15) is 4.31 Å². The molecule has 0 unspecified atom stereocenters. The number of nitrogens with zero attached hydrogens (tertiary/aromatic N) is 3. The number of hydrogen-bond acceptors (Lipinski definition) is 6. The number of furan rings is 1. The summed E-state index contributed by atoms with van der Waals surface area (Å²) in [6.07, 6.45) is 1.59. The summed E-state index contributed by atoms with van der Waals surface area (Å²) in [6, 6.07) is 10.1. The molecule has 2 aromatic heterocycles. The molecule has 4 rings (SSSR count). The van der Waals surface area contributed by atoms with Gasteiger partial charge in [-0.25, -0.2) is 17.2 Å². The van der Waals surface area contributed by atoms with Crippen LogP contribution < -0.4 is 0 Å². The van der Waals surface area contributed by atoms with Crippen LogP contribution >= 0.6 is 11.3 Å². The van der Waals surface area contributed by atoms with Crippen LogP contribution in [0.1, 0.15) is 10.6 Å². The number of amides is 1. The Labute approximate surface area is 194 Å². The van der Waals surface area contributed by atoms with E-state index in [0.29, 0.717) is 19.2 Å². The summed E-state index contributed by atoms with van der Waals surface area (Å²) in [7, 11) is -3.97. The lowest BCUT2D eigenvalue weighted by Crippen LogP contribution is -2.52. The van der Waals surface area contributed by atoms with Gasteiger partial charge in [0.1, 0.15) is 5.76 Å². The molecule has 3 heterocycles. The van der Waals surface area contributed by atoms with Crippen LogP contribution in [-0.2, 0) is 27.9 Å². The summed E-state index contributed by atoms with van der Waals surface area (Å²) in [5.41, 5.74) is 0. The summed E-state index contributed by atoms with van der Waals surface area (Å²) in [5, 5.41) is 1.98. The number of piperazine rings is 1. The van der Waals surface area contributed by atoms with E-state index in [-0.39, 0.29) is 43.5 Å². The van der Waals surface area contributed by atoms with Gasteiger partial charge in [-0.15, -0.1) is 11.3 Å². The molecule has 0 atom stereocenters. The van der Waals surface area contributed by atoms with E-state index in [1.807, 2.05) is 28.5 Å². The molecule has 3 aromatic rings. The first kappa shape index (κ1) is 23.6. The van der Waals surface area contributed by atoms with Gasteiger partial charge in [0.05, 0.1) is 24.2 Å². The van der Waals surface area contributed by atoms with Crippen molar-refractivity contribution in [2.75, 3.05) is 32.7 Å². The molecule has 0 aliphatic carbocycles. The van der Waals surface area contributed by atoms with Gasteiger partial charge in [0, 0.05) is 37.6 Å². The molecule has 0 radical (unpaired) electrons. The van der Waals surface area contributed by atoms with Crippen LogP contribution in [0.2, 0.25) is 0 Å². The van der Waals surface area contributed by atoms with Gasteiger partial charge in [0.2, 0.25) is 15.9 Å². The van der Waals surface area contributed by atoms with E-state index in [2.05, 4.69) is 0 Å². The number of carbonyl (C=O) groups excluding carboxylic acids is 1. The minimum atomic E-state index is -3.97. The number of sulfonamides is 1. The lowest BCUT2D eigenvalue weighted by molar-refractivity contribution is -0.133. The highest BCUT2D eigenvalue weighted by Crippen LogP contribution is 2.20. The van der Waals surface area contributed by atoms with Crippen molar-refractivity contribution in [1.29, 1.82) is 0 Å². The smallest absolute Gasteiger partial charge is 0.243 e. The molecule has 33 heavy (non-hydrogen) atoms. The highest BCUT2D eigenvalue weighted by atomic mass is 32.2. The molecule has 7 nitrogen and oxygen atoms in total. The quantitative estimate of drug-likeness (QED) is 0.480. The fourth-order valence-electron chi connectivity index (χ4n) is 3.67. The van der Waals surface area contributed by atoms with Crippen molar-refractivity contribution in [2.24, 2.45) is 0 Å². The standard InChI is InChI=1S/C22H23F2N3O4S2/c23-20-6-5-19(13-21(20)24)33(29,30)27-9-7-26(8-10-27)22(28)16-25(14-17-3-1-11-31-17)15-18-4-2-12-32-18/h1-6,11-13H,7-10,14-16H2. The zero-order valence-corrected chi connectivity index (χ0v) is 19.3. The molecule has 0 bridgehead atoms. The first-order valence-electron chi connectivity index (χ1n) is 10.3. The first-order valence-corrected chi connectivity index (χ1v) is 12.6. The van der Waals surface area contributed by atoms with Crippen LogP contribution in [0.3, 0.4) is 0 Å². The highest BCUT2D eigenvalue weighted by Gasteiger charge is 2.31. The van der Waals surface area contributed by atoms with Crippen molar-refractivity contribution in [3.8, 4) is 0 Å². The average Bonchev–Trinajstić information content (AvgIpc) is 3.50. The number of carbonyl (C=O) groups is 1. The second kappa shape index (κ2) is 10.1. The number of thiophene rings is 1. The van der Waals surface area contributed by atoms with Crippen molar-refractivity contribution in [2.45, 2.75) is 18.0 Å². The van der Waals surface area contributed by atoms with Crippen LogP contribution in [0.5, 0.6) is 0 Å². The van der Waals surface area contributed by atoms with Crippen molar-refractivity contribution in [1.82, 2.24) is 14.1 Å². The van der Waals surface area contributed by atoms with Crippen molar-refractivity contribution in [3.05, 3.63) is 76.4 Å². The van der Waals surface area contributed by atoms with Crippen molar-refractivity contribution in [3.63, 3.8) is 0 Å². The molecule has 1 amide bonds. The maximum Gasteiger partial charge on any atom is 0.243 e. The Hall–Kier alpha value is -2.60. The molecule has 1 aromatic carbocycles. The molecule has 0 N–H and O–H groups in total.